The van der Waals surface area contributed by atoms with Crippen LogP contribution >= 0.6 is 0 Å². The molecule has 1 aromatic heterocycles. The van der Waals surface area contributed by atoms with Crippen LogP contribution in [0.2, 0.25) is 0 Å². The van der Waals surface area contributed by atoms with Crippen molar-refractivity contribution < 1.29 is 19.1 Å². The molecule has 0 bridgehead atoms. The minimum absolute atomic E-state index is 0.0590. The van der Waals surface area contributed by atoms with E-state index >= 15 is 0 Å². The number of hydrogen-bond acceptors (Lipinski definition) is 6. The lowest BCUT2D eigenvalue weighted by molar-refractivity contribution is 0.0546. The van der Waals surface area contributed by atoms with Gasteiger partial charge >= 0.3 is 11.9 Å². The second-order valence-corrected chi connectivity index (χ2v) is 4.47. The third-order valence-corrected chi connectivity index (χ3v) is 3.01. The van der Waals surface area contributed by atoms with Crippen molar-refractivity contribution in [3.8, 4) is 5.69 Å². The molecule has 1 heterocycles. The van der Waals surface area contributed by atoms with Gasteiger partial charge in [0.1, 0.15) is 0 Å². The van der Waals surface area contributed by atoms with E-state index in [9.17, 15) is 9.59 Å². The fourth-order valence-electron chi connectivity index (χ4n) is 2.01. The molecule has 0 aliphatic rings. The zero-order valence-corrected chi connectivity index (χ0v) is 12.2. The van der Waals surface area contributed by atoms with E-state index in [2.05, 4.69) is 15.0 Å². The number of ether oxygens (including phenoxy) is 2. The molecule has 1 aromatic carbocycles. The van der Waals surface area contributed by atoms with Crippen LogP contribution in [0.1, 0.15) is 32.1 Å². The summed E-state index contributed by atoms with van der Waals surface area (Å²) in [5, 5.41) is 7.61. The Morgan fingerprint density at radius 2 is 1.76 bits per heavy atom. The molecular weight excluding hydrogens is 274 g/mol. The largest absolute Gasteiger partial charge is 0.464 e. The summed E-state index contributed by atoms with van der Waals surface area (Å²) in [6.07, 6.45) is 0. The lowest BCUT2D eigenvalue weighted by Crippen LogP contribution is -2.16. The van der Waals surface area contributed by atoms with Gasteiger partial charge in [-0.05, 0) is 25.5 Å². The molecule has 0 fully saturated rings. The topological polar surface area (TPSA) is 83.3 Å². The second kappa shape index (κ2) is 5.74. The van der Waals surface area contributed by atoms with Gasteiger partial charge in [-0.1, -0.05) is 22.9 Å². The van der Waals surface area contributed by atoms with Crippen LogP contribution < -0.4 is 0 Å². The van der Waals surface area contributed by atoms with Gasteiger partial charge in [-0.15, -0.1) is 5.10 Å². The molecule has 0 spiro atoms. The Balaban J connectivity index is 2.66. The first-order valence-corrected chi connectivity index (χ1v) is 6.19. The van der Waals surface area contributed by atoms with Gasteiger partial charge in [0, 0.05) is 0 Å². The summed E-state index contributed by atoms with van der Waals surface area (Å²) in [6, 6.07) is 5.62. The van der Waals surface area contributed by atoms with E-state index in [-0.39, 0.29) is 11.4 Å². The number of hydrogen-bond donors (Lipinski definition) is 0. The minimum atomic E-state index is -0.744. The number of aryl methyl sites for hydroxylation is 2. The number of benzene rings is 1. The van der Waals surface area contributed by atoms with Crippen LogP contribution in [0.25, 0.3) is 5.69 Å². The van der Waals surface area contributed by atoms with E-state index in [1.54, 1.807) is 6.07 Å². The Hall–Kier alpha value is -2.70. The van der Waals surface area contributed by atoms with E-state index in [4.69, 9.17) is 4.74 Å². The van der Waals surface area contributed by atoms with Crippen molar-refractivity contribution in [3.63, 3.8) is 0 Å². The first-order chi connectivity index (χ1) is 9.99. The molecule has 7 heteroatoms. The lowest BCUT2D eigenvalue weighted by atomic mass is 10.1. The molecule has 0 saturated carbocycles. The van der Waals surface area contributed by atoms with E-state index < -0.39 is 11.9 Å². The summed E-state index contributed by atoms with van der Waals surface area (Å²) in [4.78, 5) is 23.6. The van der Waals surface area contributed by atoms with Gasteiger partial charge in [-0.3, -0.25) is 0 Å². The molecule has 21 heavy (non-hydrogen) atoms. The average Bonchev–Trinajstić information content (AvgIpc) is 2.90. The van der Waals surface area contributed by atoms with Crippen molar-refractivity contribution in [1.82, 2.24) is 15.0 Å². The third kappa shape index (κ3) is 2.62. The molecule has 0 amide bonds. The molecule has 0 saturated heterocycles. The highest BCUT2D eigenvalue weighted by Crippen LogP contribution is 2.19. The van der Waals surface area contributed by atoms with Crippen LogP contribution in [0.3, 0.4) is 0 Å². The fraction of sp³-hybridized carbons (Fsp3) is 0.286. The molecule has 0 atom stereocenters. The molecule has 0 unspecified atom stereocenters. The Kier molecular flexibility index (Phi) is 4.02. The van der Waals surface area contributed by atoms with Gasteiger partial charge in [0.2, 0.25) is 5.69 Å². The number of rotatable bonds is 3. The Bertz CT molecular complexity index is 706. The van der Waals surface area contributed by atoms with Gasteiger partial charge in [0.05, 0.1) is 19.9 Å². The summed E-state index contributed by atoms with van der Waals surface area (Å²) in [6.45, 7) is 3.84. The maximum absolute atomic E-state index is 12.0. The zero-order valence-electron chi connectivity index (χ0n) is 12.2. The van der Waals surface area contributed by atoms with E-state index in [0.29, 0.717) is 5.69 Å². The number of methoxy groups -OCH3 is 2. The molecular formula is C14H15N3O4. The lowest BCUT2D eigenvalue weighted by Gasteiger charge is -2.09. The monoisotopic (exact) mass is 289 g/mol. The Labute approximate surface area is 121 Å². The number of aromatic nitrogens is 3. The quantitative estimate of drug-likeness (QED) is 0.795. The molecule has 2 rings (SSSR count). The van der Waals surface area contributed by atoms with Crippen LogP contribution in [-0.2, 0) is 9.47 Å². The van der Waals surface area contributed by atoms with Gasteiger partial charge < -0.3 is 9.47 Å². The highest BCUT2D eigenvalue weighted by atomic mass is 16.5. The van der Waals surface area contributed by atoms with Crippen LogP contribution in [0.15, 0.2) is 18.2 Å². The molecule has 2 aromatic rings. The standard InChI is InChI=1S/C14H15N3O4/c1-8-5-6-10(9(2)7-8)17-12(14(19)21-4)11(15-16-17)13(18)20-3/h5-7H,1-4H3. The van der Waals surface area contributed by atoms with Gasteiger partial charge in [0.15, 0.2) is 5.69 Å². The van der Waals surface area contributed by atoms with E-state index in [0.717, 1.165) is 11.1 Å². The van der Waals surface area contributed by atoms with Crippen LogP contribution in [0, 0.1) is 13.8 Å². The molecule has 0 radical (unpaired) electrons. The smallest absolute Gasteiger partial charge is 0.361 e. The zero-order chi connectivity index (χ0) is 15.6. The molecule has 0 aliphatic carbocycles. The minimum Gasteiger partial charge on any atom is -0.464 e. The van der Waals surface area contributed by atoms with Gasteiger partial charge in [-0.25, -0.2) is 14.3 Å². The van der Waals surface area contributed by atoms with Crippen molar-refractivity contribution in [1.29, 1.82) is 0 Å². The SMILES string of the molecule is COC(=O)c1nnn(-c2ccc(C)cc2C)c1C(=O)OC. The normalized spacial score (nSPS) is 10.3. The van der Waals surface area contributed by atoms with Crippen LogP contribution in [0.5, 0.6) is 0 Å². The molecule has 0 aliphatic heterocycles. The van der Waals surface area contributed by atoms with Crippen LogP contribution in [0.4, 0.5) is 0 Å². The van der Waals surface area contributed by atoms with Gasteiger partial charge in [0.25, 0.3) is 0 Å². The van der Waals surface area contributed by atoms with Gasteiger partial charge in [-0.2, -0.15) is 0 Å². The van der Waals surface area contributed by atoms with Crippen molar-refractivity contribution >= 4 is 11.9 Å². The first-order valence-electron chi connectivity index (χ1n) is 6.19. The van der Waals surface area contributed by atoms with Crippen molar-refractivity contribution in [2.24, 2.45) is 0 Å². The maximum atomic E-state index is 12.0. The molecule has 0 N–H and O–H groups in total. The summed E-state index contributed by atoms with van der Waals surface area (Å²) in [5.74, 6) is -1.45. The molecule has 7 nitrogen and oxygen atoms in total. The Morgan fingerprint density at radius 1 is 1.10 bits per heavy atom. The maximum Gasteiger partial charge on any atom is 0.361 e. The summed E-state index contributed by atoms with van der Waals surface area (Å²) in [7, 11) is 2.43. The summed E-state index contributed by atoms with van der Waals surface area (Å²) >= 11 is 0. The summed E-state index contributed by atoms with van der Waals surface area (Å²) < 4.78 is 10.6. The predicted octanol–water partition coefficient (Wildman–Crippen LogP) is 1.46. The van der Waals surface area contributed by atoms with Crippen LogP contribution in [-0.4, -0.2) is 41.2 Å². The fourth-order valence-corrected chi connectivity index (χ4v) is 2.01. The average molecular weight is 289 g/mol. The molecule has 110 valence electrons. The highest BCUT2D eigenvalue weighted by Gasteiger charge is 2.28. The Morgan fingerprint density at radius 3 is 2.33 bits per heavy atom. The van der Waals surface area contributed by atoms with Crippen molar-refractivity contribution in [2.45, 2.75) is 13.8 Å². The number of esters is 2. The number of carbonyl (C=O) groups excluding carboxylic acids is 2. The van der Waals surface area contributed by atoms with E-state index in [1.165, 1.54) is 18.9 Å². The van der Waals surface area contributed by atoms with Crippen molar-refractivity contribution in [3.05, 3.63) is 40.7 Å². The van der Waals surface area contributed by atoms with Crippen molar-refractivity contribution in [2.75, 3.05) is 14.2 Å². The predicted molar refractivity (Wildman–Crippen MR) is 73.5 cm³/mol. The first kappa shape index (κ1) is 14.7. The number of carbonyl (C=O) groups is 2. The summed E-state index contributed by atoms with van der Waals surface area (Å²) in [5.41, 5.74) is 2.37. The van der Waals surface area contributed by atoms with E-state index in [1.807, 2.05) is 26.0 Å². The number of nitrogens with zero attached hydrogens (tertiary/aromatic N) is 3. The second-order valence-electron chi connectivity index (χ2n) is 4.47. The third-order valence-electron chi connectivity index (χ3n) is 3.01. The highest BCUT2D eigenvalue weighted by molar-refractivity contribution is 6.00.